The predicted octanol–water partition coefficient (Wildman–Crippen LogP) is 4.86. The van der Waals surface area contributed by atoms with Gasteiger partial charge in [-0.05, 0) is 43.3 Å². The van der Waals surface area contributed by atoms with Gasteiger partial charge in [-0.3, -0.25) is 0 Å². The minimum absolute atomic E-state index is 0.334. The van der Waals surface area contributed by atoms with Crippen LogP contribution in [0.2, 0.25) is 0 Å². The quantitative estimate of drug-likeness (QED) is 0.512. The van der Waals surface area contributed by atoms with Crippen molar-refractivity contribution in [1.29, 1.82) is 0 Å². The van der Waals surface area contributed by atoms with Crippen LogP contribution in [0.3, 0.4) is 0 Å². The Bertz CT molecular complexity index is 1120. The highest BCUT2D eigenvalue weighted by molar-refractivity contribution is 6.06. The van der Waals surface area contributed by atoms with Crippen LogP contribution in [0.15, 0.2) is 52.9 Å². The molecule has 4 aromatic rings. The van der Waals surface area contributed by atoms with Gasteiger partial charge in [0, 0.05) is 17.5 Å². The molecule has 0 saturated heterocycles. The molecule has 2 aromatic heterocycles. The van der Waals surface area contributed by atoms with Crippen LogP contribution in [0.5, 0.6) is 0 Å². The molecule has 0 aliphatic heterocycles. The van der Waals surface area contributed by atoms with Crippen molar-refractivity contribution in [3.8, 4) is 0 Å². The van der Waals surface area contributed by atoms with E-state index >= 15 is 0 Å². The molecular formula is C21H19N3O3. The van der Waals surface area contributed by atoms with Gasteiger partial charge in [0.25, 0.3) is 0 Å². The molecule has 0 spiro atoms. The summed E-state index contributed by atoms with van der Waals surface area (Å²) >= 11 is 0. The number of para-hydroxylation sites is 1. The Balaban J connectivity index is 1.74. The summed E-state index contributed by atoms with van der Waals surface area (Å²) in [5.74, 6) is 1.01. The Kier molecular flexibility index (Phi) is 4.46. The Hall–Kier alpha value is -3.41. The summed E-state index contributed by atoms with van der Waals surface area (Å²) in [4.78, 5) is 21.0. The molecule has 0 unspecified atom stereocenters. The minimum atomic E-state index is -0.334. The number of aromatic nitrogens is 2. The normalized spacial score (nSPS) is 11.0. The van der Waals surface area contributed by atoms with Crippen LogP contribution >= 0.6 is 0 Å². The number of nitrogens with one attached hydrogen (secondary N) is 1. The average molecular weight is 361 g/mol. The van der Waals surface area contributed by atoms with Crippen LogP contribution in [-0.2, 0) is 11.2 Å². The topological polar surface area (TPSA) is 77.2 Å². The standard InChI is InChI=1S/C21H19N3O3/c1-3-17-23-18-15-7-5-6-8-16(15)27-19(18)20(24-17)22-14-11-9-13(10-12-14)21(25)26-4-2/h5-12H,3-4H2,1-2H3,(H,22,23,24). The predicted molar refractivity (Wildman–Crippen MR) is 104 cm³/mol. The maximum absolute atomic E-state index is 11.8. The molecule has 0 aliphatic rings. The van der Waals surface area contributed by atoms with Crippen molar-refractivity contribution in [1.82, 2.24) is 9.97 Å². The lowest BCUT2D eigenvalue weighted by Gasteiger charge is -2.08. The molecule has 0 radical (unpaired) electrons. The number of hydrogen-bond donors (Lipinski definition) is 1. The number of carbonyl (C=O) groups is 1. The van der Waals surface area contributed by atoms with Crippen LogP contribution in [0.25, 0.3) is 22.1 Å². The second-order valence-electron chi connectivity index (χ2n) is 6.04. The maximum atomic E-state index is 11.8. The maximum Gasteiger partial charge on any atom is 0.338 e. The van der Waals surface area contributed by atoms with Gasteiger partial charge in [0.2, 0.25) is 0 Å². The van der Waals surface area contributed by atoms with Gasteiger partial charge >= 0.3 is 5.97 Å². The van der Waals surface area contributed by atoms with E-state index in [0.717, 1.165) is 28.0 Å². The number of aryl methyl sites for hydroxylation is 1. The van der Waals surface area contributed by atoms with Crippen molar-refractivity contribution in [2.24, 2.45) is 0 Å². The summed E-state index contributed by atoms with van der Waals surface area (Å²) in [7, 11) is 0. The highest BCUT2D eigenvalue weighted by atomic mass is 16.5. The first-order valence-corrected chi connectivity index (χ1v) is 8.92. The van der Waals surface area contributed by atoms with E-state index in [1.807, 2.05) is 43.3 Å². The van der Waals surface area contributed by atoms with Crippen LogP contribution in [0.1, 0.15) is 30.0 Å². The molecule has 0 amide bonds. The molecule has 0 saturated carbocycles. The van der Waals surface area contributed by atoms with Gasteiger partial charge in [0.15, 0.2) is 11.4 Å². The number of hydrogen-bond acceptors (Lipinski definition) is 6. The Morgan fingerprint density at radius 1 is 1.07 bits per heavy atom. The molecule has 0 fully saturated rings. The van der Waals surface area contributed by atoms with Crippen molar-refractivity contribution >= 4 is 39.5 Å². The third kappa shape index (κ3) is 3.21. The number of fused-ring (bicyclic) bond motifs is 3. The zero-order valence-corrected chi connectivity index (χ0v) is 15.2. The monoisotopic (exact) mass is 361 g/mol. The van der Waals surface area contributed by atoms with Crippen molar-refractivity contribution in [3.63, 3.8) is 0 Å². The first-order valence-electron chi connectivity index (χ1n) is 8.92. The second kappa shape index (κ2) is 7.07. The Morgan fingerprint density at radius 3 is 2.59 bits per heavy atom. The van der Waals surface area contributed by atoms with E-state index < -0.39 is 0 Å². The third-order valence-electron chi connectivity index (χ3n) is 4.24. The summed E-state index contributed by atoms with van der Waals surface area (Å²) in [5.41, 5.74) is 3.49. The van der Waals surface area contributed by atoms with Gasteiger partial charge in [-0.2, -0.15) is 0 Å². The fourth-order valence-electron chi connectivity index (χ4n) is 2.92. The molecule has 6 nitrogen and oxygen atoms in total. The first kappa shape index (κ1) is 17.0. The van der Waals surface area contributed by atoms with Gasteiger partial charge in [-0.25, -0.2) is 14.8 Å². The minimum Gasteiger partial charge on any atom is -0.462 e. The molecule has 0 aliphatic carbocycles. The van der Waals surface area contributed by atoms with Gasteiger partial charge in [0.1, 0.15) is 16.9 Å². The summed E-state index contributed by atoms with van der Waals surface area (Å²) in [6.45, 7) is 4.15. The number of carbonyl (C=O) groups excluding carboxylic acids is 1. The van der Waals surface area contributed by atoms with E-state index in [1.165, 1.54) is 0 Å². The van der Waals surface area contributed by atoms with E-state index in [2.05, 4.69) is 15.3 Å². The van der Waals surface area contributed by atoms with Crippen LogP contribution in [0.4, 0.5) is 11.5 Å². The number of esters is 1. The lowest BCUT2D eigenvalue weighted by Crippen LogP contribution is -2.04. The zero-order valence-electron chi connectivity index (χ0n) is 15.2. The van der Waals surface area contributed by atoms with Gasteiger partial charge < -0.3 is 14.5 Å². The number of furan rings is 1. The zero-order chi connectivity index (χ0) is 18.8. The molecule has 1 N–H and O–H groups in total. The average Bonchev–Trinajstić information content (AvgIpc) is 3.07. The molecule has 0 bridgehead atoms. The smallest absolute Gasteiger partial charge is 0.338 e. The molecule has 6 heteroatoms. The van der Waals surface area contributed by atoms with E-state index in [4.69, 9.17) is 9.15 Å². The fourth-order valence-corrected chi connectivity index (χ4v) is 2.92. The molecule has 2 heterocycles. The molecule has 2 aromatic carbocycles. The van der Waals surface area contributed by atoms with Crippen LogP contribution < -0.4 is 5.32 Å². The molecular weight excluding hydrogens is 342 g/mol. The van der Waals surface area contributed by atoms with E-state index in [9.17, 15) is 4.79 Å². The van der Waals surface area contributed by atoms with E-state index in [1.54, 1.807) is 19.1 Å². The molecule has 27 heavy (non-hydrogen) atoms. The lowest BCUT2D eigenvalue weighted by atomic mass is 10.2. The number of ether oxygens (including phenoxy) is 1. The SMILES string of the molecule is CCOC(=O)c1ccc(Nc2nc(CC)nc3c2oc2ccccc23)cc1. The summed E-state index contributed by atoms with van der Waals surface area (Å²) < 4.78 is 11.0. The largest absolute Gasteiger partial charge is 0.462 e. The summed E-state index contributed by atoms with van der Waals surface area (Å²) in [6.07, 6.45) is 0.714. The Labute approximate surface area is 156 Å². The number of nitrogens with zero attached hydrogens (tertiary/aromatic N) is 2. The van der Waals surface area contributed by atoms with Crippen molar-refractivity contribution in [2.45, 2.75) is 20.3 Å². The highest BCUT2D eigenvalue weighted by Crippen LogP contribution is 2.32. The molecule has 136 valence electrons. The second-order valence-corrected chi connectivity index (χ2v) is 6.04. The van der Waals surface area contributed by atoms with Crippen LogP contribution in [-0.4, -0.2) is 22.5 Å². The lowest BCUT2D eigenvalue weighted by molar-refractivity contribution is 0.0526. The summed E-state index contributed by atoms with van der Waals surface area (Å²) in [5, 5.41) is 4.25. The van der Waals surface area contributed by atoms with E-state index in [0.29, 0.717) is 30.0 Å². The first-order chi connectivity index (χ1) is 13.2. The number of rotatable bonds is 5. The Morgan fingerprint density at radius 2 is 1.85 bits per heavy atom. The summed E-state index contributed by atoms with van der Waals surface area (Å²) in [6, 6.07) is 14.9. The molecule has 0 atom stereocenters. The van der Waals surface area contributed by atoms with Gasteiger partial charge in [0.05, 0.1) is 12.2 Å². The molecule has 4 rings (SSSR count). The van der Waals surface area contributed by atoms with Crippen molar-refractivity contribution < 1.29 is 13.9 Å². The highest BCUT2D eigenvalue weighted by Gasteiger charge is 2.15. The third-order valence-corrected chi connectivity index (χ3v) is 4.24. The number of anilines is 2. The van der Waals surface area contributed by atoms with Gasteiger partial charge in [-0.15, -0.1) is 0 Å². The van der Waals surface area contributed by atoms with E-state index in [-0.39, 0.29) is 5.97 Å². The van der Waals surface area contributed by atoms with Crippen molar-refractivity contribution in [3.05, 3.63) is 59.9 Å². The fraction of sp³-hybridized carbons (Fsp3) is 0.190. The van der Waals surface area contributed by atoms with Crippen molar-refractivity contribution in [2.75, 3.05) is 11.9 Å². The van der Waals surface area contributed by atoms with Gasteiger partial charge in [-0.1, -0.05) is 19.1 Å². The van der Waals surface area contributed by atoms with Crippen LogP contribution in [0, 0.1) is 0 Å². The number of benzene rings is 2.